The number of esters is 1. The number of fused-ring (bicyclic) bond motifs is 1. The molecule has 1 heterocycles. The first kappa shape index (κ1) is 12.6. The van der Waals surface area contributed by atoms with Gasteiger partial charge in [0.2, 0.25) is 0 Å². The van der Waals surface area contributed by atoms with Crippen molar-refractivity contribution in [3.8, 4) is 0 Å². The summed E-state index contributed by atoms with van der Waals surface area (Å²) < 4.78 is 5.00. The predicted octanol–water partition coefficient (Wildman–Crippen LogP) is 3.23. The van der Waals surface area contributed by atoms with Crippen LogP contribution in [-0.2, 0) is 9.53 Å². The van der Waals surface area contributed by atoms with Gasteiger partial charge in [-0.15, -0.1) is 0 Å². The Bertz CT molecular complexity index is 541. The molecule has 2 rings (SSSR count). The third-order valence-corrected chi connectivity index (χ3v) is 3.12. The number of nitrogens with zero attached hydrogens (tertiary/aromatic N) is 1. The summed E-state index contributed by atoms with van der Waals surface area (Å²) >= 11 is 0. The van der Waals surface area contributed by atoms with Gasteiger partial charge in [-0.1, -0.05) is 12.1 Å². The Hall–Kier alpha value is -1.90. The van der Waals surface area contributed by atoms with E-state index in [0.717, 1.165) is 28.0 Å². The fourth-order valence-corrected chi connectivity index (χ4v) is 2.28. The molecule has 0 N–H and O–H groups in total. The van der Waals surface area contributed by atoms with Crippen molar-refractivity contribution in [1.29, 1.82) is 0 Å². The molecule has 0 unspecified atom stereocenters. The first-order valence-corrected chi connectivity index (χ1v) is 6.16. The topological polar surface area (TPSA) is 39.2 Å². The number of aromatic nitrogens is 1. The summed E-state index contributed by atoms with van der Waals surface area (Å²) in [5.74, 6) is -0.178. The van der Waals surface area contributed by atoms with E-state index in [4.69, 9.17) is 4.74 Å². The first-order valence-electron chi connectivity index (χ1n) is 6.16. The standard InChI is InChI=1S/C15H17NO2/c1-4-11(9-13(17)18-5-2)14-10(3)15-12(14)7-6-8-16-15/h4,6-8H,5,9H2,1-3H3/b11-4-. The van der Waals surface area contributed by atoms with Crippen LogP contribution in [0.1, 0.15) is 38.4 Å². The zero-order chi connectivity index (χ0) is 13.1. The molecule has 0 radical (unpaired) electrons. The molecule has 0 saturated carbocycles. The minimum Gasteiger partial charge on any atom is -0.466 e. The smallest absolute Gasteiger partial charge is 0.310 e. The van der Waals surface area contributed by atoms with Crippen molar-refractivity contribution in [3.05, 3.63) is 41.2 Å². The maximum atomic E-state index is 11.6. The van der Waals surface area contributed by atoms with Crippen molar-refractivity contribution in [3.63, 3.8) is 0 Å². The number of ether oxygens (including phenoxy) is 1. The molecule has 94 valence electrons. The van der Waals surface area contributed by atoms with E-state index in [-0.39, 0.29) is 5.97 Å². The SMILES string of the molecule is C/C=C(/CC(=O)OCC)C1=C(C)c2ncccc21. The lowest BCUT2D eigenvalue weighted by molar-refractivity contribution is -0.142. The van der Waals surface area contributed by atoms with Gasteiger partial charge >= 0.3 is 5.97 Å². The second kappa shape index (κ2) is 5.17. The Labute approximate surface area is 107 Å². The third-order valence-electron chi connectivity index (χ3n) is 3.12. The molecule has 1 aromatic rings. The molecule has 0 atom stereocenters. The molecular weight excluding hydrogens is 226 g/mol. The molecule has 3 nitrogen and oxygen atoms in total. The largest absolute Gasteiger partial charge is 0.466 e. The van der Waals surface area contributed by atoms with Crippen LogP contribution in [0.15, 0.2) is 30.0 Å². The summed E-state index contributed by atoms with van der Waals surface area (Å²) in [6.07, 6.45) is 4.09. The van der Waals surface area contributed by atoms with Gasteiger partial charge in [-0.05, 0) is 43.6 Å². The van der Waals surface area contributed by atoms with Gasteiger partial charge in [0.25, 0.3) is 0 Å². The van der Waals surface area contributed by atoms with E-state index < -0.39 is 0 Å². The Balaban J connectivity index is 2.22. The van der Waals surface area contributed by atoms with Crippen molar-refractivity contribution in [2.75, 3.05) is 6.61 Å². The maximum Gasteiger partial charge on any atom is 0.310 e. The van der Waals surface area contributed by atoms with Crippen LogP contribution in [0, 0.1) is 0 Å². The van der Waals surface area contributed by atoms with E-state index in [1.807, 2.05) is 39.0 Å². The van der Waals surface area contributed by atoms with Crippen molar-refractivity contribution in [2.24, 2.45) is 0 Å². The Morgan fingerprint density at radius 1 is 1.50 bits per heavy atom. The van der Waals surface area contributed by atoms with Gasteiger partial charge < -0.3 is 4.74 Å². The number of allylic oxidation sites excluding steroid dienone is 3. The zero-order valence-electron chi connectivity index (χ0n) is 11.0. The highest BCUT2D eigenvalue weighted by Gasteiger charge is 2.26. The highest BCUT2D eigenvalue weighted by molar-refractivity contribution is 6.09. The van der Waals surface area contributed by atoms with Crippen LogP contribution in [0.5, 0.6) is 0 Å². The highest BCUT2D eigenvalue weighted by Crippen LogP contribution is 2.43. The Kier molecular flexibility index (Phi) is 3.60. The van der Waals surface area contributed by atoms with Gasteiger partial charge in [0.1, 0.15) is 0 Å². The van der Waals surface area contributed by atoms with Crippen LogP contribution in [0.2, 0.25) is 0 Å². The molecule has 0 bridgehead atoms. The van der Waals surface area contributed by atoms with Crippen molar-refractivity contribution in [2.45, 2.75) is 27.2 Å². The fraction of sp³-hybridized carbons (Fsp3) is 0.333. The van der Waals surface area contributed by atoms with Gasteiger partial charge in [0, 0.05) is 11.8 Å². The molecule has 0 amide bonds. The lowest BCUT2D eigenvalue weighted by Crippen LogP contribution is -2.12. The lowest BCUT2D eigenvalue weighted by atomic mass is 9.80. The zero-order valence-corrected chi connectivity index (χ0v) is 11.0. The van der Waals surface area contributed by atoms with Gasteiger partial charge in [-0.25, -0.2) is 0 Å². The normalized spacial score (nSPS) is 14.1. The lowest BCUT2D eigenvalue weighted by Gasteiger charge is -2.26. The van der Waals surface area contributed by atoms with E-state index in [9.17, 15) is 4.79 Å². The fourth-order valence-electron chi connectivity index (χ4n) is 2.28. The van der Waals surface area contributed by atoms with Crippen LogP contribution >= 0.6 is 0 Å². The monoisotopic (exact) mass is 243 g/mol. The van der Waals surface area contributed by atoms with Gasteiger partial charge in [-0.2, -0.15) is 0 Å². The predicted molar refractivity (Wildman–Crippen MR) is 71.7 cm³/mol. The molecule has 0 aliphatic heterocycles. The number of hydrogen-bond acceptors (Lipinski definition) is 3. The number of carbonyl (C=O) groups excluding carboxylic acids is 1. The molecule has 1 aliphatic rings. The minimum absolute atomic E-state index is 0.178. The van der Waals surface area contributed by atoms with E-state index >= 15 is 0 Å². The Morgan fingerprint density at radius 2 is 2.28 bits per heavy atom. The minimum atomic E-state index is -0.178. The quantitative estimate of drug-likeness (QED) is 0.762. The van der Waals surface area contributed by atoms with Crippen molar-refractivity contribution in [1.82, 2.24) is 4.98 Å². The average Bonchev–Trinajstić information content (AvgIpc) is 2.37. The molecule has 3 heteroatoms. The number of hydrogen-bond donors (Lipinski definition) is 0. The summed E-state index contributed by atoms with van der Waals surface area (Å²) in [4.78, 5) is 15.9. The van der Waals surface area contributed by atoms with Crippen LogP contribution in [-0.4, -0.2) is 17.6 Å². The molecule has 1 aliphatic carbocycles. The Morgan fingerprint density at radius 3 is 2.94 bits per heavy atom. The molecule has 0 spiro atoms. The van der Waals surface area contributed by atoms with E-state index in [0.29, 0.717) is 13.0 Å². The van der Waals surface area contributed by atoms with Crippen LogP contribution in [0.3, 0.4) is 0 Å². The molecule has 1 aromatic heterocycles. The maximum absolute atomic E-state index is 11.6. The molecule has 0 fully saturated rings. The van der Waals surface area contributed by atoms with Crippen LogP contribution < -0.4 is 0 Å². The van der Waals surface area contributed by atoms with E-state index in [1.54, 1.807) is 6.20 Å². The molecule has 0 saturated heterocycles. The van der Waals surface area contributed by atoms with Crippen molar-refractivity contribution >= 4 is 17.1 Å². The van der Waals surface area contributed by atoms with Gasteiger partial charge in [0.05, 0.1) is 18.7 Å². The summed E-state index contributed by atoms with van der Waals surface area (Å²) in [7, 11) is 0. The second-order valence-electron chi connectivity index (χ2n) is 4.20. The second-order valence-corrected chi connectivity index (χ2v) is 4.20. The van der Waals surface area contributed by atoms with E-state index in [2.05, 4.69) is 4.98 Å². The van der Waals surface area contributed by atoms with Gasteiger partial charge in [-0.3, -0.25) is 9.78 Å². The molecule has 18 heavy (non-hydrogen) atoms. The van der Waals surface area contributed by atoms with Crippen LogP contribution in [0.4, 0.5) is 0 Å². The van der Waals surface area contributed by atoms with E-state index in [1.165, 1.54) is 0 Å². The van der Waals surface area contributed by atoms with Crippen LogP contribution in [0.25, 0.3) is 11.1 Å². The number of rotatable bonds is 4. The summed E-state index contributed by atoms with van der Waals surface area (Å²) in [5.41, 5.74) is 5.49. The first-order chi connectivity index (χ1) is 8.69. The number of pyridine rings is 1. The number of carbonyl (C=O) groups is 1. The van der Waals surface area contributed by atoms with Gasteiger partial charge in [0.15, 0.2) is 0 Å². The molecular formula is C15H17NO2. The molecule has 0 aromatic carbocycles. The average molecular weight is 243 g/mol. The summed E-state index contributed by atoms with van der Waals surface area (Å²) in [5, 5.41) is 0. The highest BCUT2D eigenvalue weighted by atomic mass is 16.5. The van der Waals surface area contributed by atoms with Crippen molar-refractivity contribution < 1.29 is 9.53 Å². The summed E-state index contributed by atoms with van der Waals surface area (Å²) in [6, 6.07) is 3.96. The summed E-state index contributed by atoms with van der Waals surface area (Å²) in [6.45, 7) is 6.23. The third kappa shape index (κ3) is 2.08.